The van der Waals surface area contributed by atoms with Gasteiger partial charge in [0.25, 0.3) is 5.91 Å². The van der Waals surface area contributed by atoms with Crippen LogP contribution in [0.2, 0.25) is 5.02 Å². The van der Waals surface area contributed by atoms with Gasteiger partial charge in [0.2, 0.25) is 0 Å². The Morgan fingerprint density at radius 1 is 0.857 bits per heavy atom. The first-order valence-corrected chi connectivity index (χ1v) is 9.98. The molecule has 5 heteroatoms. The normalized spacial score (nSPS) is 11.6. The summed E-state index contributed by atoms with van der Waals surface area (Å²) in [6.07, 6.45) is 0. The van der Waals surface area contributed by atoms with Crippen LogP contribution < -0.4 is 4.80 Å². The van der Waals surface area contributed by atoms with Crippen molar-refractivity contribution in [3.8, 4) is 21.7 Å². The number of hydrogen-bond acceptors (Lipinski definition) is 2. The van der Waals surface area contributed by atoms with Crippen LogP contribution in [-0.2, 0) is 7.05 Å². The van der Waals surface area contributed by atoms with Crippen LogP contribution in [-0.4, -0.2) is 10.5 Å². The molecule has 0 spiro atoms. The summed E-state index contributed by atoms with van der Waals surface area (Å²) in [6, 6.07) is 27.1. The molecule has 0 radical (unpaired) electrons. The maximum absolute atomic E-state index is 12.7. The quantitative estimate of drug-likeness (QED) is 0.424. The van der Waals surface area contributed by atoms with Crippen molar-refractivity contribution in [1.82, 2.24) is 4.57 Å². The minimum atomic E-state index is -0.284. The second-order valence-corrected chi connectivity index (χ2v) is 7.69. The molecule has 4 rings (SSSR count). The number of thiazole rings is 1. The van der Waals surface area contributed by atoms with E-state index in [0.717, 1.165) is 21.7 Å². The summed E-state index contributed by atoms with van der Waals surface area (Å²) in [7, 11) is 1.94. The number of hydrogen-bond donors (Lipinski definition) is 0. The van der Waals surface area contributed by atoms with Crippen LogP contribution in [0.1, 0.15) is 10.4 Å². The number of aromatic nitrogens is 1. The van der Waals surface area contributed by atoms with E-state index >= 15 is 0 Å². The predicted octanol–water partition coefficient (Wildman–Crippen LogP) is 5.82. The zero-order valence-corrected chi connectivity index (χ0v) is 16.7. The van der Waals surface area contributed by atoms with Gasteiger partial charge in [0, 0.05) is 17.6 Å². The van der Waals surface area contributed by atoms with E-state index in [-0.39, 0.29) is 5.91 Å². The summed E-state index contributed by atoms with van der Waals surface area (Å²) < 4.78 is 1.98. The Kier molecular flexibility index (Phi) is 5.24. The molecule has 0 saturated heterocycles. The number of carbonyl (C=O) groups is 1. The standard InChI is InChI=1S/C23H17ClN2OS/c1-26-20(16-8-4-2-5-9-16)21(17-10-6-3-7-11-17)28-23(26)25-22(27)18-12-14-19(24)15-13-18/h2-15H,1H3. The van der Waals surface area contributed by atoms with Crippen molar-refractivity contribution in [1.29, 1.82) is 0 Å². The highest BCUT2D eigenvalue weighted by Gasteiger charge is 2.16. The molecule has 0 atom stereocenters. The highest BCUT2D eigenvalue weighted by atomic mass is 35.5. The molecule has 1 heterocycles. The van der Waals surface area contributed by atoms with Crippen LogP contribution >= 0.6 is 22.9 Å². The number of nitrogens with zero attached hydrogens (tertiary/aromatic N) is 2. The van der Waals surface area contributed by atoms with Gasteiger partial charge < -0.3 is 4.57 Å². The molecule has 3 nitrogen and oxygen atoms in total. The number of benzene rings is 3. The fraction of sp³-hybridized carbons (Fsp3) is 0.0435. The van der Waals surface area contributed by atoms with Crippen molar-refractivity contribution in [3.63, 3.8) is 0 Å². The van der Waals surface area contributed by atoms with E-state index in [1.165, 1.54) is 11.3 Å². The maximum atomic E-state index is 12.7. The Balaban J connectivity index is 1.88. The van der Waals surface area contributed by atoms with Crippen LogP contribution in [0.3, 0.4) is 0 Å². The van der Waals surface area contributed by atoms with Crippen LogP contribution in [0.15, 0.2) is 89.9 Å². The predicted molar refractivity (Wildman–Crippen MR) is 116 cm³/mol. The molecule has 0 saturated carbocycles. The fourth-order valence-electron chi connectivity index (χ4n) is 3.00. The Bertz CT molecular complexity index is 1180. The van der Waals surface area contributed by atoms with Gasteiger partial charge >= 0.3 is 0 Å². The molecule has 0 N–H and O–H groups in total. The van der Waals surface area contributed by atoms with Crippen LogP contribution in [0.25, 0.3) is 21.7 Å². The minimum absolute atomic E-state index is 0.284. The van der Waals surface area contributed by atoms with Gasteiger partial charge in [0.15, 0.2) is 4.80 Å². The second-order valence-electron chi connectivity index (χ2n) is 6.28. The van der Waals surface area contributed by atoms with Gasteiger partial charge in [0.05, 0.1) is 10.6 Å². The molecule has 138 valence electrons. The lowest BCUT2D eigenvalue weighted by Gasteiger charge is -2.07. The third-order valence-electron chi connectivity index (χ3n) is 4.40. The number of carbonyl (C=O) groups excluding carboxylic acids is 1. The topological polar surface area (TPSA) is 34.4 Å². The summed E-state index contributed by atoms with van der Waals surface area (Å²) in [6.45, 7) is 0. The van der Waals surface area contributed by atoms with Crippen molar-refractivity contribution in [2.24, 2.45) is 12.0 Å². The maximum Gasteiger partial charge on any atom is 0.279 e. The molecule has 0 aliphatic rings. The summed E-state index contributed by atoms with van der Waals surface area (Å²) in [5.74, 6) is -0.284. The lowest BCUT2D eigenvalue weighted by molar-refractivity contribution is 0.0998. The van der Waals surface area contributed by atoms with Crippen molar-refractivity contribution in [2.75, 3.05) is 0 Å². The highest BCUT2D eigenvalue weighted by Crippen LogP contribution is 2.34. The summed E-state index contributed by atoms with van der Waals surface area (Å²) in [5.41, 5.74) is 3.74. The van der Waals surface area contributed by atoms with E-state index < -0.39 is 0 Å². The molecule has 4 aromatic rings. The summed E-state index contributed by atoms with van der Waals surface area (Å²) >= 11 is 7.43. The average Bonchev–Trinajstić information content (AvgIpc) is 3.06. The van der Waals surface area contributed by atoms with Crippen LogP contribution in [0.5, 0.6) is 0 Å². The van der Waals surface area contributed by atoms with E-state index in [2.05, 4.69) is 29.3 Å². The van der Waals surface area contributed by atoms with Gasteiger partial charge in [-0.15, -0.1) is 0 Å². The Hall–Kier alpha value is -2.95. The monoisotopic (exact) mass is 404 g/mol. The largest absolute Gasteiger partial charge is 0.319 e. The number of rotatable bonds is 3. The average molecular weight is 405 g/mol. The van der Waals surface area contributed by atoms with Crippen molar-refractivity contribution < 1.29 is 4.79 Å². The molecular weight excluding hydrogens is 388 g/mol. The highest BCUT2D eigenvalue weighted by molar-refractivity contribution is 7.13. The third kappa shape index (κ3) is 3.70. The van der Waals surface area contributed by atoms with Gasteiger partial charge in [-0.2, -0.15) is 4.99 Å². The zero-order chi connectivity index (χ0) is 19.5. The molecular formula is C23H17ClN2OS. The molecule has 0 aliphatic carbocycles. The molecule has 1 amide bonds. The Morgan fingerprint density at radius 2 is 1.43 bits per heavy atom. The zero-order valence-electron chi connectivity index (χ0n) is 15.2. The van der Waals surface area contributed by atoms with E-state index in [1.807, 2.05) is 48.0 Å². The second kappa shape index (κ2) is 7.97. The van der Waals surface area contributed by atoms with Gasteiger partial charge in [-0.3, -0.25) is 4.79 Å². The first-order valence-electron chi connectivity index (χ1n) is 8.79. The SMILES string of the molecule is Cn1c(-c2ccccc2)c(-c2ccccc2)sc1=NC(=O)c1ccc(Cl)cc1. The Labute approximate surface area is 172 Å². The number of amides is 1. The third-order valence-corrected chi connectivity index (χ3v) is 5.84. The lowest BCUT2D eigenvalue weighted by atomic mass is 10.1. The van der Waals surface area contributed by atoms with Gasteiger partial charge in [-0.1, -0.05) is 83.6 Å². The smallest absolute Gasteiger partial charge is 0.279 e. The van der Waals surface area contributed by atoms with Crippen LogP contribution in [0.4, 0.5) is 0 Å². The van der Waals surface area contributed by atoms with E-state index in [4.69, 9.17) is 11.6 Å². The molecule has 1 aromatic heterocycles. The summed E-state index contributed by atoms with van der Waals surface area (Å²) in [5, 5.41) is 0.593. The molecule has 0 unspecified atom stereocenters. The van der Waals surface area contributed by atoms with Crippen molar-refractivity contribution in [2.45, 2.75) is 0 Å². The molecule has 0 aliphatic heterocycles. The van der Waals surface area contributed by atoms with Crippen molar-refractivity contribution >= 4 is 28.8 Å². The van der Waals surface area contributed by atoms with Crippen molar-refractivity contribution in [3.05, 3.63) is 100 Å². The van der Waals surface area contributed by atoms with Gasteiger partial charge in [0.1, 0.15) is 0 Å². The van der Waals surface area contributed by atoms with E-state index in [0.29, 0.717) is 15.4 Å². The molecule has 0 bridgehead atoms. The van der Waals surface area contributed by atoms with E-state index in [9.17, 15) is 4.79 Å². The molecule has 3 aromatic carbocycles. The minimum Gasteiger partial charge on any atom is -0.319 e. The first kappa shape index (κ1) is 18.4. The molecule has 0 fully saturated rings. The molecule has 28 heavy (non-hydrogen) atoms. The number of halogens is 1. The lowest BCUT2D eigenvalue weighted by Crippen LogP contribution is -2.14. The van der Waals surface area contributed by atoms with E-state index in [1.54, 1.807) is 24.3 Å². The van der Waals surface area contributed by atoms with Gasteiger partial charge in [-0.25, -0.2) is 0 Å². The van der Waals surface area contributed by atoms with Gasteiger partial charge in [-0.05, 0) is 35.4 Å². The first-order chi connectivity index (χ1) is 13.6. The Morgan fingerprint density at radius 3 is 2.04 bits per heavy atom. The fourth-order valence-corrected chi connectivity index (χ4v) is 4.27. The summed E-state index contributed by atoms with van der Waals surface area (Å²) in [4.78, 5) is 18.8. The van der Waals surface area contributed by atoms with Crippen LogP contribution in [0, 0.1) is 0 Å².